The Kier molecular flexibility index (Phi) is 3.60. The Morgan fingerprint density at radius 1 is 1.00 bits per heavy atom. The van der Waals surface area contributed by atoms with Gasteiger partial charge in [-0.2, -0.15) is 0 Å². The molecule has 0 fully saturated rings. The van der Waals surface area contributed by atoms with Gasteiger partial charge in [0, 0.05) is 6.07 Å². The van der Waals surface area contributed by atoms with Crippen LogP contribution in [0.4, 0.5) is 0 Å². The van der Waals surface area contributed by atoms with Gasteiger partial charge >= 0.3 is 0 Å². The summed E-state index contributed by atoms with van der Waals surface area (Å²) >= 11 is 0. The van der Waals surface area contributed by atoms with Gasteiger partial charge in [0.25, 0.3) is 0 Å². The van der Waals surface area contributed by atoms with E-state index < -0.39 is 5.60 Å². The molecular weight excluding hydrogens is 264 g/mol. The molecule has 0 aromatic heterocycles. The first-order valence-electron chi connectivity index (χ1n) is 7.21. The van der Waals surface area contributed by atoms with E-state index in [9.17, 15) is 5.11 Å². The molecule has 2 aromatic carbocycles. The van der Waals surface area contributed by atoms with Crippen LogP contribution < -0.4 is 9.47 Å². The summed E-state index contributed by atoms with van der Waals surface area (Å²) in [6.45, 7) is 0. The van der Waals surface area contributed by atoms with Crippen LogP contribution in [-0.4, -0.2) is 19.3 Å². The number of ether oxygens (including phenoxy) is 2. The summed E-state index contributed by atoms with van der Waals surface area (Å²) in [4.78, 5) is 0. The summed E-state index contributed by atoms with van der Waals surface area (Å²) in [5, 5.41) is 11.3. The highest BCUT2D eigenvalue weighted by Gasteiger charge is 2.36. The second kappa shape index (κ2) is 5.41. The van der Waals surface area contributed by atoms with E-state index in [4.69, 9.17) is 9.47 Å². The number of rotatable bonds is 3. The number of hydrogen-bond acceptors (Lipinski definition) is 3. The fourth-order valence-electron chi connectivity index (χ4n) is 3.16. The van der Waals surface area contributed by atoms with E-state index in [0.717, 1.165) is 24.0 Å². The third-order valence-corrected chi connectivity index (χ3v) is 4.28. The lowest BCUT2D eigenvalue weighted by atomic mass is 9.75. The number of hydrogen-bond donors (Lipinski definition) is 1. The van der Waals surface area contributed by atoms with E-state index in [0.29, 0.717) is 17.9 Å². The fraction of sp³-hybridized carbons (Fsp3) is 0.333. The van der Waals surface area contributed by atoms with Gasteiger partial charge in [0.2, 0.25) is 0 Å². The van der Waals surface area contributed by atoms with Crippen LogP contribution in [0, 0.1) is 0 Å². The van der Waals surface area contributed by atoms with Crippen LogP contribution in [0.25, 0.3) is 0 Å². The maximum atomic E-state index is 11.3. The van der Waals surface area contributed by atoms with Crippen molar-refractivity contribution in [2.24, 2.45) is 0 Å². The Bertz CT molecular complexity index is 628. The van der Waals surface area contributed by atoms with Gasteiger partial charge in [0.1, 0.15) is 17.1 Å². The monoisotopic (exact) mass is 284 g/mol. The van der Waals surface area contributed by atoms with Gasteiger partial charge in [0.15, 0.2) is 0 Å². The van der Waals surface area contributed by atoms with Gasteiger partial charge in [-0.3, -0.25) is 0 Å². The molecule has 0 saturated heterocycles. The lowest BCUT2D eigenvalue weighted by molar-refractivity contribution is 0.0611. The molecule has 3 rings (SSSR count). The molecule has 0 bridgehead atoms. The Hall–Kier alpha value is -2.00. The topological polar surface area (TPSA) is 38.7 Å². The van der Waals surface area contributed by atoms with Crippen molar-refractivity contribution < 1.29 is 14.6 Å². The van der Waals surface area contributed by atoms with E-state index in [2.05, 4.69) is 6.07 Å². The molecule has 1 N–H and O–H groups in total. The third kappa shape index (κ3) is 2.38. The molecule has 21 heavy (non-hydrogen) atoms. The molecule has 0 amide bonds. The van der Waals surface area contributed by atoms with Crippen molar-refractivity contribution in [2.75, 3.05) is 14.2 Å². The van der Waals surface area contributed by atoms with Crippen molar-refractivity contribution in [3.05, 3.63) is 59.2 Å². The van der Waals surface area contributed by atoms with Crippen molar-refractivity contribution in [2.45, 2.75) is 24.9 Å². The van der Waals surface area contributed by atoms with E-state index in [1.54, 1.807) is 14.2 Å². The summed E-state index contributed by atoms with van der Waals surface area (Å²) in [7, 11) is 3.24. The first-order chi connectivity index (χ1) is 10.2. The average Bonchev–Trinajstić information content (AvgIpc) is 2.54. The van der Waals surface area contributed by atoms with Crippen LogP contribution in [0.15, 0.2) is 42.5 Å². The number of aliphatic hydroxyl groups is 1. The molecule has 2 aromatic rings. The van der Waals surface area contributed by atoms with Crippen molar-refractivity contribution in [3.8, 4) is 11.5 Å². The Balaban J connectivity index is 2.15. The van der Waals surface area contributed by atoms with Gasteiger partial charge in [-0.05, 0) is 48.1 Å². The van der Waals surface area contributed by atoms with Gasteiger partial charge < -0.3 is 14.6 Å². The standard InChI is InChI=1S/C18H20O3/c1-20-15-10-14(11-16(12-15)21-2)18(19)9-5-7-13-6-3-4-8-17(13)18/h3-4,6,8,10-12,19H,5,7,9H2,1-2H3. The third-order valence-electron chi connectivity index (χ3n) is 4.28. The fourth-order valence-corrected chi connectivity index (χ4v) is 3.16. The second-order valence-electron chi connectivity index (χ2n) is 5.47. The quantitative estimate of drug-likeness (QED) is 0.940. The summed E-state index contributed by atoms with van der Waals surface area (Å²) in [6, 6.07) is 13.7. The van der Waals surface area contributed by atoms with Gasteiger partial charge in [-0.25, -0.2) is 0 Å². The molecule has 1 aliphatic carbocycles. The zero-order valence-electron chi connectivity index (χ0n) is 12.4. The Morgan fingerprint density at radius 3 is 2.33 bits per heavy atom. The maximum absolute atomic E-state index is 11.3. The van der Waals surface area contributed by atoms with Crippen molar-refractivity contribution >= 4 is 0 Å². The molecule has 110 valence electrons. The van der Waals surface area contributed by atoms with Crippen LogP contribution in [-0.2, 0) is 12.0 Å². The highest BCUT2D eigenvalue weighted by Crippen LogP contribution is 2.42. The molecule has 3 heteroatoms. The molecule has 1 aliphatic rings. The summed E-state index contributed by atoms with van der Waals surface area (Å²) in [6.07, 6.45) is 2.69. The molecule has 1 unspecified atom stereocenters. The Labute approximate surface area is 125 Å². The van der Waals surface area contributed by atoms with Crippen LogP contribution in [0.2, 0.25) is 0 Å². The second-order valence-corrected chi connectivity index (χ2v) is 5.47. The van der Waals surface area contributed by atoms with E-state index in [-0.39, 0.29) is 0 Å². The largest absolute Gasteiger partial charge is 0.497 e. The van der Waals surface area contributed by atoms with Crippen LogP contribution in [0.3, 0.4) is 0 Å². The Morgan fingerprint density at radius 2 is 1.67 bits per heavy atom. The minimum absolute atomic E-state index is 0.695. The maximum Gasteiger partial charge on any atom is 0.122 e. The molecular formula is C18H20O3. The van der Waals surface area contributed by atoms with Gasteiger partial charge in [0.05, 0.1) is 14.2 Å². The first-order valence-corrected chi connectivity index (χ1v) is 7.21. The normalized spacial score (nSPS) is 20.7. The number of fused-ring (bicyclic) bond motifs is 1. The van der Waals surface area contributed by atoms with Crippen molar-refractivity contribution in [1.82, 2.24) is 0 Å². The highest BCUT2D eigenvalue weighted by atomic mass is 16.5. The molecule has 0 spiro atoms. The van der Waals surface area contributed by atoms with E-state index in [1.165, 1.54) is 5.56 Å². The predicted molar refractivity (Wildman–Crippen MR) is 81.9 cm³/mol. The first kappa shape index (κ1) is 14.0. The lowest BCUT2D eigenvalue weighted by Crippen LogP contribution is -2.31. The van der Waals surface area contributed by atoms with Crippen molar-refractivity contribution in [1.29, 1.82) is 0 Å². The zero-order valence-corrected chi connectivity index (χ0v) is 12.4. The lowest BCUT2D eigenvalue weighted by Gasteiger charge is -2.35. The predicted octanol–water partition coefficient (Wildman–Crippen LogP) is 3.28. The molecule has 0 aliphatic heterocycles. The summed E-state index contributed by atoms with van der Waals surface area (Å²) < 4.78 is 10.7. The van der Waals surface area contributed by atoms with Crippen molar-refractivity contribution in [3.63, 3.8) is 0 Å². The number of aryl methyl sites for hydroxylation is 1. The summed E-state index contributed by atoms with van der Waals surface area (Å²) in [5.74, 6) is 1.39. The molecule has 0 heterocycles. The number of methoxy groups -OCH3 is 2. The van der Waals surface area contributed by atoms with Gasteiger partial charge in [-0.15, -0.1) is 0 Å². The number of benzene rings is 2. The minimum Gasteiger partial charge on any atom is -0.497 e. The minimum atomic E-state index is -0.976. The van der Waals surface area contributed by atoms with E-state index in [1.807, 2.05) is 36.4 Å². The average molecular weight is 284 g/mol. The SMILES string of the molecule is COc1cc(OC)cc(C2(O)CCCc3ccccc32)c1. The summed E-state index contributed by atoms with van der Waals surface area (Å²) in [5.41, 5.74) is 2.06. The highest BCUT2D eigenvalue weighted by molar-refractivity contribution is 5.48. The molecule has 0 saturated carbocycles. The van der Waals surface area contributed by atoms with E-state index >= 15 is 0 Å². The molecule has 1 atom stereocenters. The molecule has 3 nitrogen and oxygen atoms in total. The molecule has 0 radical (unpaired) electrons. The van der Waals surface area contributed by atoms with Crippen LogP contribution >= 0.6 is 0 Å². The van der Waals surface area contributed by atoms with Crippen LogP contribution in [0.1, 0.15) is 29.5 Å². The zero-order chi connectivity index (χ0) is 14.9. The smallest absolute Gasteiger partial charge is 0.122 e. The van der Waals surface area contributed by atoms with Gasteiger partial charge in [-0.1, -0.05) is 24.3 Å². The van der Waals surface area contributed by atoms with Crippen LogP contribution in [0.5, 0.6) is 11.5 Å².